The van der Waals surface area contributed by atoms with E-state index < -0.39 is 33.6 Å². The van der Waals surface area contributed by atoms with Crippen LogP contribution in [-0.4, -0.2) is 151 Å². The van der Waals surface area contributed by atoms with E-state index in [1.54, 1.807) is 35.6 Å². The lowest BCUT2D eigenvalue weighted by molar-refractivity contribution is -0.144. The Bertz CT molecular complexity index is 2910. The first-order valence-corrected chi connectivity index (χ1v) is 28.3. The number of likely N-dealkylation sites (tertiary alicyclic amines) is 1. The Morgan fingerprint density at radius 2 is 1.61 bits per heavy atom. The van der Waals surface area contributed by atoms with Gasteiger partial charge in [0.2, 0.25) is 33.7 Å². The van der Waals surface area contributed by atoms with E-state index >= 15 is 0 Å². The van der Waals surface area contributed by atoms with Crippen molar-refractivity contribution in [3.05, 3.63) is 99.7 Å². The smallest absolute Gasteiger partial charge is 0.246 e. The monoisotopic (exact) mass is 1090 g/mol. The van der Waals surface area contributed by atoms with Gasteiger partial charge in [-0.3, -0.25) is 23.6 Å². The van der Waals surface area contributed by atoms with Gasteiger partial charge in [0.15, 0.2) is 5.82 Å². The highest BCUT2D eigenvalue weighted by Crippen LogP contribution is 2.35. The Morgan fingerprint density at radius 1 is 0.905 bits per heavy atom. The molecule has 0 radical (unpaired) electrons. The van der Waals surface area contributed by atoms with Crippen molar-refractivity contribution in [2.75, 3.05) is 92.0 Å². The molecule has 3 saturated heterocycles. The van der Waals surface area contributed by atoms with Crippen molar-refractivity contribution in [3.63, 3.8) is 0 Å². The Morgan fingerprint density at radius 3 is 2.27 bits per heavy atom. The van der Waals surface area contributed by atoms with Crippen LogP contribution < -0.4 is 30.5 Å². The van der Waals surface area contributed by atoms with Gasteiger partial charge in [0.05, 0.1) is 63.3 Å². The lowest BCUT2D eigenvalue weighted by Gasteiger charge is -2.39. The fraction of sp³-hybridized carbons (Fsp3) is 0.462. The van der Waals surface area contributed by atoms with Crippen LogP contribution in [0.15, 0.2) is 78.4 Å². The van der Waals surface area contributed by atoms with Crippen molar-refractivity contribution in [1.82, 2.24) is 40.3 Å². The molecule has 0 bridgehead atoms. The zero-order valence-corrected chi connectivity index (χ0v) is 45.8. The highest BCUT2D eigenvalue weighted by atomic mass is 35.5. The molecule has 0 unspecified atom stereocenters. The van der Waals surface area contributed by atoms with Crippen LogP contribution in [-0.2, 0) is 31.0 Å². The van der Waals surface area contributed by atoms with Crippen LogP contribution in [0.2, 0.25) is 10.0 Å². The molecule has 18 nitrogen and oxygen atoms in total. The number of aliphatic hydroxyl groups excluding tert-OH is 1. The van der Waals surface area contributed by atoms with Gasteiger partial charge in [0.25, 0.3) is 0 Å². The predicted octanol–water partition coefficient (Wildman–Crippen LogP) is 6.74. The summed E-state index contributed by atoms with van der Waals surface area (Å²) < 4.78 is 25.7. The van der Waals surface area contributed by atoms with Gasteiger partial charge in [0.1, 0.15) is 17.1 Å². The second kappa shape index (κ2) is 23.5. The highest BCUT2D eigenvalue weighted by molar-refractivity contribution is 7.92. The van der Waals surface area contributed by atoms with Crippen LogP contribution in [0.3, 0.4) is 0 Å². The molecule has 22 heteroatoms. The molecule has 74 heavy (non-hydrogen) atoms. The number of carbonyl (C=O) groups is 3. The average molecular weight is 1090 g/mol. The van der Waals surface area contributed by atoms with Gasteiger partial charge in [-0.25, -0.2) is 18.4 Å². The summed E-state index contributed by atoms with van der Waals surface area (Å²) >= 11 is 14.9. The van der Waals surface area contributed by atoms with Crippen molar-refractivity contribution >= 4 is 96.8 Å². The van der Waals surface area contributed by atoms with Crippen LogP contribution in [0, 0.1) is 18.3 Å². The van der Waals surface area contributed by atoms with Crippen LogP contribution in [0.25, 0.3) is 10.4 Å². The Hall–Kier alpha value is -5.61. The third-order valence-electron chi connectivity index (χ3n) is 14.0. The lowest BCUT2D eigenvalue weighted by atomic mass is 9.85. The van der Waals surface area contributed by atoms with E-state index in [9.17, 15) is 27.9 Å². The minimum Gasteiger partial charge on any atom is -0.391 e. The van der Waals surface area contributed by atoms with Gasteiger partial charge >= 0.3 is 0 Å². The summed E-state index contributed by atoms with van der Waals surface area (Å²) in [6.07, 6.45) is 3.91. The van der Waals surface area contributed by atoms with Crippen molar-refractivity contribution in [1.29, 1.82) is 0 Å². The van der Waals surface area contributed by atoms with Crippen LogP contribution in [0.1, 0.15) is 51.3 Å². The molecular weight excluding hydrogens is 1020 g/mol. The van der Waals surface area contributed by atoms with Gasteiger partial charge in [-0.15, -0.1) is 11.3 Å². The van der Waals surface area contributed by atoms with Crippen molar-refractivity contribution < 1.29 is 27.9 Å². The van der Waals surface area contributed by atoms with Crippen molar-refractivity contribution in [2.45, 2.75) is 71.7 Å². The minimum absolute atomic E-state index is 0.0148. The van der Waals surface area contributed by atoms with Gasteiger partial charge in [-0.05, 0) is 72.6 Å². The number of hydrogen-bond acceptors (Lipinski definition) is 15. The summed E-state index contributed by atoms with van der Waals surface area (Å²) in [6, 6.07) is 19.0. The summed E-state index contributed by atoms with van der Waals surface area (Å²) in [7, 11) is -2.04. The number of benzene rings is 3. The van der Waals surface area contributed by atoms with Gasteiger partial charge in [-0.1, -0.05) is 80.4 Å². The zero-order chi connectivity index (χ0) is 52.9. The Balaban J connectivity index is 0.772. The Kier molecular flexibility index (Phi) is 17.4. The maximum absolute atomic E-state index is 14.2. The maximum Gasteiger partial charge on any atom is 0.246 e. The molecule has 5 N–H and O–H groups in total. The number of thiazole rings is 1. The molecule has 5 aromatic rings. The molecule has 3 fully saturated rings. The number of aromatic nitrogens is 3. The number of nitrogens with zero attached hydrogens (tertiary/aromatic N) is 8. The number of amides is 3. The van der Waals surface area contributed by atoms with E-state index in [0.29, 0.717) is 28.0 Å². The first-order valence-electron chi connectivity index (χ1n) is 24.8. The number of aryl methyl sites for hydroxylation is 1. The standard InChI is InChI=1S/C52H66Cl2N12O6S2/c1-33-46(73-32-57-33)36-13-11-34(12-14-36)27-55-49(69)44-26-38(67)30-66(44)50(70)47(52(2,3)4)60-45(68)31-64-23-21-63(22-24-64)29-35-17-19-65(20-18-35)37-15-16-41(39(53)25-37)59-51-56-28-40(54)48(61-51)58-42-9-7-8-10-43(42)62(5)74(6,71)72/h7-16,25,28,32,35,38,44,47,67H,17-24,26-27,29-31H2,1-6H3,(H,55,69)(H,60,68)(H2,56,58,59,61)/t38-,44+,47-/m1/s1. The first-order chi connectivity index (χ1) is 35.2. The topological polar surface area (TPSA) is 209 Å². The van der Waals surface area contributed by atoms with E-state index in [1.165, 1.54) is 22.4 Å². The normalized spacial score (nSPS) is 18.5. The summed E-state index contributed by atoms with van der Waals surface area (Å²) in [4.78, 5) is 64.1. The summed E-state index contributed by atoms with van der Waals surface area (Å²) in [6.45, 7) is 14.0. The van der Waals surface area contributed by atoms with Gasteiger partial charge in [-0.2, -0.15) is 4.98 Å². The number of piperidine rings is 1. The largest absolute Gasteiger partial charge is 0.391 e. The fourth-order valence-corrected chi connectivity index (χ4v) is 11.3. The number of carbonyl (C=O) groups excluding carboxylic acids is 3. The molecule has 8 rings (SSSR count). The SMILES string of the molecule is Cc1ncsc1-c1ccc(CNC(=O)[C@@H]2C[C@@H](O)CN2C(=O)[C@@H](NC(=O)CN2CCN(CC3CCN(c4ccc(Nc5ncc(Cl)c(Nc6ccccc6N(C)S(C)(=O)=O)n5)c(Cl)c4)CC3)CC2)C(C)(C)C)cc1. The number of piperazine rings is 1. The summed E-state index contributed by atoms with van der Waals surface area (Å²) in [5.74, 6) is 0.0962. The minimum atomic E-state index is -3.52. The maximum atomic E-state index is 14.2. The Labute approximate surface area is 447 Å². The van der Waals surface area contributed by atoms with E-state index in [1.807, 2.05) is 75.7 Å². The quantitative estimate of drug-likeness (QED) is 0.0654. The van der Waals surface area contributed by atoms with E-state index in [0.717, 1.165) is 92.3 Å². The number of aliphatic hydroxyl groups is 1. The average Bonchev–Trinajstić information content (AvgIpc) is 3.99. The highest BCUT2D eigenvalue weighted by Gasteiger charge is 2.44. The van der Waals surface area contributed by atoms with E-state index in [2.05, 4.69) is 50.9 Å². The summed E-state index contributed by atoms with van der Waals surface area (Å²) in [5.41, 5.74) is 6.67. The van der Waals surface area contributed by atoms with Crippen LogP contribution >= 0.6 is 34.5 Å². The molecule has 3 atom stereocenters. The third kappa shape index (κ3) is 13.6. The zero-order valence-electron chi connectivity index (χ0n) is 42.6. The van der Waals surface area contributed by atoms with Crippen molar-refractivity contribution in [3.8, 4) is 10.4 Å². The van der Waals surface area contributed by atoms with E-state index in [4.69, 9.17) is 23.2 Å². The molecular formula is C52H66Cl2N12O6S2. The molecule has 3 aliphatic rings. The second-order valence-corrected chi connectivity index (χ2v) is 24.2. The first kappa shape index (κ1) is 54.6. The molecule has 0 aliphatic carbocycles. The van der Waals surface area contributed by atoms with Crippen LogP contribution in [0.5, 0.6) is 0 Å². The number of halogens is 2. The number of nitrogens with one attached hydrogen (secondary N) is 4. The van der Waals surface area contributed by atoms with Gasteiger partial charge < -0.3 is 41.1 Å². The number of para-hydroxylation sites is 2. The fourth-order valence-electron chi connectivity index (χ4n) is 9.66. The molecule has 3 aromatic carbocycles. The molecule has 396 valence electrons. The van der Waals surface area contributed by atoms with E-state index in [-0.39, 0.29) is 60.6 Å². The number of β-amino-alcohol motifs (C(OH)–C–C–N with tert-alkyl or cyclic N) is 1. The summed E-state index contributed by atoms with van der Waals surface area (Å²) in [5, 5.41) is 23.7. The van der Waals surface area contributed by atoms with Crippen molar-refractivity contribution in [2.24, 2.45) is 11.3 Å². The van der Waals surface area contributed by atoms with Crippen LogP contribution in [0.4, 0.5) is 34.5 Å². The molecule has 0 saturated carbocycles. The lowest BCUT2D eigenvalue weighted by Crippen LogP contribution is -2.59. The molecule has 3 aliphatic heterocycles. The second-order valence-electron chi connectivity index (χ2n) is 20.5. The number of anilines is 6. The molecule has 5 heterocycles. The number of hydrogen-bond donors (Lipinski definition) is 5. The predicted molar refractivity (Wildman–Crippen MR) is 294 cm³/mol. The molecule has 3 amide bonds. The molecule has 2 aromatic heterocycles. The number of rotatable bonds is 17. The number of sulfonamides is 1. The van der Waals surface area contributed by atoms with Gasteiger partial charge in [0, 0.05) is 78.1 Å². The third-order valence-corrected chi connectivity index (χ3v) is 16.7. The molecule has 0 spiro atoms.